The Morgan fingerprint density at radius 3 is 2.33 bits per heavy atom. The molecule has 0 bridgehead atoms. The molecule has 0 saturated heterocycles. The molecule has 54 valence electrons. The highest BCUT2D eigenvalue weighted by Crippen LogP contribution is 2.48. The van der Waals surface area contributed by atoms with Crippen molar-refractivity contribution in [2.24, 2.45) is 0 Å². The predicted molar refractivity (Wildman–Crippen MR) is 33.4 cm³/mol. The minimum Gasteiger partial charge on any atom is -0.302 e. The molecule has 0 N–H and O–H groups in total. The Hall–Kier alpha value is 0.120. The van der Waals surface area contributed by atoms with Gasteiger partial charge in [-0.1, -0.05) is 0 Å². The summed E-state index contributed by atoms with van der Waals surface area (Å²) in [5.41, 5.74) is 0. The summed E-state index contributed by atoms with van der Waals surface area (Å²) in [6.45, 7) is 1.01. The lowest BCUT2D eigenvalue weighted by Gasteiger charge is -2.25. The van der Waals surface area contributed by atoms with Crippen LogP contribution in [0, 0.1) is 0 Å². The van der Waals surface area contributed by atoms with Gasteiger partial charge in [0.15, 0.2) is 0 Å². The Bertz CT molecular complexity index is 138. The van der Waals surface area contributed by atoms with E-state index in [1.165, 1.54) is 0 Å². The van der Waals surface area contributed by atoms with Crippen LogP contribution in [0.25, 0.3) is 0 Å². The third kappa shape index (κ3) is 2.46. The van der Waals surface area contributed by atoms with Crippen LogP contribution in [0.4, 0.5) is 4.20 Å². The molecule has 0 aromatic carbocycles. The van der Waals surface area contributed by atoms with E-state index in [0.717, 1.165) is 25.9 Å². The van der Waals surface area contributed by atoms with E-state index in [2.05, 4.69) is 4.52 Å². The molecule has 0 aliphatic heterocycles. The van der Waals surface area contributed by atoms with Crippen molar-refractivity contribution in [3.63, 3.8) is 0 Å². The van der Waals surface area contributed by atoms with Crippen molar-refractivity contribution < 1.29 is 13.3 Å². The molecule has 0 aromatic rings. The van der Waals surface area contributed by atoms with E-state index >= 15 is 0 Å². The topological polar surface area (TPSA) is 26.3 Å². The molecule has 4 heteroatoms. The summed E-state index contributed by atoms with van der Waals surface area (Å²) in [7, 11) is -3.69. The normalized spacial score (nSPS) is 26.9. The average Bonchev–Trinajstić information content (AvgIpc) is 1.53. The van der Waals surface area contributed by atoms with Crippen LogP contribution in [0.1, 0.15) is 19.3 Å². The molecule has 9 heavy (non-hydrogen) atoms. The van der Waals surface area contributed by atoms with E-state index in [1.807, 2.05) is 0 Å². The van der Waals surface area contributed by atoms with Crippen molar-refractivity contribution in [3.8, 4) is 0 Å². The van der Waals surface area contributed by atoms with Gasteiger partial charge in [0.2, 0.25) is 0 Å². The van der Waals surface area contributed by atoms with Crippen LogP contribution in [0.2, 0.25) is 0 Å². The molecule has 1 rings (SSSR count). The minimum absolute atomic E-state index is 0.0640. The molecule has 1 atom stereocenters. The van der Waals surface area contributed by atoms with Gasteiger partial charge >= 0.3 is 7.68 Å². The monoisotopic (exact) mass is 152 g/mol. The van der Waals surface area contributed by atoms with Crippen LogP contribution in [0.5, 0.6) is 0 Å². The van der Waals surface area contributed by atoms with Gasteiger partial charge < -0.3 is 4.52 Å². The molecule has 1 unspecified atom stereocenters. The summed E-state index contributed by atoms with van der Waals surface area (Å²) in [5.74, 6) is 0. The maximum absolute atomic E-state index is 12.2. The third-order valence-corrected chi connectivity index (χ3v) is 2.06. The zero-order valence-electron chi connectivity index (χ0n) is 5.34. The molecule has 0 spiro atoms. The van der Waals surface area contributed by atoms with E-state index < -0.39 is 7.68 Å². The smallest absolute Gasteiger partial charge is 0.302 e. The summed E-state index contributed by atoms with van der Waals surface area (Å²) < 4.78 is 27.1. The lowest BCUT2D eigenvalue weighted by atomic mass is 9.97. The van der Waals surface area contributed by atoms with Gasteiger partial charge in [-0.3, -0.25) is 4.57 Å². The van der Waals surface area contributed by atoms with Gasteiger partial charge in [0.25, 0.3) is 0 Å². The van der Waals surface area contributed by atoms with E-state index in [4.69, 9.17) is 0 Å². The lowest BCUT2D eigenvalue weighted by Crippen LogP contribution is -2.19. The van der Waals surface area contributed by atoms with E-state index in [0.29, 0.717) is 0 Å². The second kappa shape index (κ2) is 2.39. The van der Waals surface area contributed by atoms with Crippen LogP contribution in [0.15, 0.2) is 0 Å². The minimum atomic E-state index is -3.69. The summed E-state index contributed by atoms with van der Waals surface area (Å²) >= 11 is 0. The first kappa shape index (κ1) is 7.23. The first-order chi connectivity index (χ1) is 4.08. The van der Waals surface area contributed by atoms with Crippen LogP contribution < -0.4 is 0 Å². The fraction of sp³-hybridized carbons (Fsp3) is 1.00. The highest BCUT2D eigenvalue weighted by molar-refractivity contribution is 7.52. The molecular weight excluding hydrogens is 142 g/mol. The standard InChI is InChI=1S/C5H10FO2P/c1-9(6,7)8-5-3-2-4-5/h5H,2-4H2,1H3. The maximum atomic E-state index is 12.2. The number of hydrogen-bond donors (Lipinski definition) is 0. The van der Waals surface area contributed by atoms with Crippen molar-refractivity contribution in [2.45, 2.75) is 25.4 Å². The molecular formula is C5H10FO2P. The Morgan fingerprint density at radius 2 is 2.22 bits per heavy atom. The average molecular weight is 152 g/mol. The van der Waals surface area contributed by atoms with Crippen molar-refractivity contribution >= 4 is 7.68 Å². The van der Waals surface area contributed by atoms with Crippen LogP contribution >= 0.6 is 7.68 Å². The molecule has 0 amide bonds. The summed E-state index contributed by atoms with van der Waals surface area (Å²) in [5, 5.41) is 0. The molecule has 1 aliphatic carbocycles. The van der Waals surface area contributed by atoms with Crippen LogP contribution in [-0.4, -0.2) is 12.8 Å². The van der Waals surface area contributed by atoms with Gasteiger partial charge in [-0.25, -0.2) is 0 Å². The predicted octanol–water partition coefficient (Wildman–Crippen LogP) is 2.35. The van der Waals surface area contributed by atoms with Crippen molar-refractivity contribution in [2.75, 3.05) is 6.66 Å². The Morgan fingerprint density at radius 1 is 1.67 bits per heavy atom. The fourth-order valence-corrected chi connectivity index (χ4v) is 1.49. The third-order valence-electron chi connectivity index (χ3n) is 1.39. The zero-order chi connectivity index (χ0) is 6.91. The summed E-state index contributed by atoms with van der Waals surface area (Å²) in [6.07, 6.45) is 2.74. The highest BCUT2D eigenvalue weighted by Gasteiger charge is 2.25. The van der Waals surface area contributed by atoms with Gasteiger partial charge in [-0.15, -0.1) is 0 Å². The Balaban J connectivity index is 2.24. The quantitative estimate of drug-likeness (QED) is 0.567. The van der Waals surface area contributed by atoms with Crippen LogP contribution in [-0.2, 0) is 9.09 Å². The van der Waals surface area contributed by atoms with Gasteiger partial charge in [-0.05, 0) is 19.3 Å². The van der Waals surface area contributed by atoms with Gasteiger partial charge in [0, 0.05) is 6.66 Å². The summed E-state index contributed by atoms with van der Waals surface area (Å²) in [4.78, 5) is 0. The van der Waals surface area contributed by atoms with Crippen LogP contribution in [0.3, 0.4) is 0 Å². The van der Waals surface area contributed by atoms with E-state index in [1.54, 1.807) is 0 Å². The molecule has 0 aromatic heterocycles. The van der Waals surface area contributed by atoms with Gasteiger partial charge in [0.05, 0.1) is 6.10 Å². The largest absolute Gasteiger partial charge is 0.364 e. The molecule has 1 aliphatic rings. The SMILES string of the molecule is CP(=O)(F)OC1CCC1. The number of hydrogen-bond acceptors (Lipinski definition) is 2. The second-order valence-electron chi connectivity index (χ2n) is 2.41. The number of halogens is 1. The number of rotatable bonds is 2. The van der Waals surface area contributed by atoms with Crippen molar-refractivity contribution in [1.29, 1.82) is 0 Å². The molecule has 2 nitrogen and oxygen atoms in total. The molecule has 0 radical (unpaired) electrons. The maximum Gasteiger partial charge on any atom is 0.364 e. The highest BCUT2D eigenvalue weighted by atomic mass is 31.2. The first-order valence-electron chi connectivity index (χ1n) is 3.03. The second-order valence-corrected chi connectivity index (χ2v) is 4.11. The van der Waals surface area contributed by atoms with Gasteiger partial charge in [0.1, 0.15) is 0 Å². The Labute approximate surface area is 54.0 Å². The molecule has 1 saturated carbocycles. The molecule has 0 heterocycles. The Kier molecular flexibility index (Phi) is 1.92. The van der Waals surface area contributed by atoms with E-state index in [9.17, 15) is 8.76 Å². The van der Waals surface area contributed by atoms with Crippen molar-refractivity contribution in [3.05, 3.63) is 0 Å². The summed E-state index contributed by atoms with van der Waals surface area (Å²) in [6, 6.07) is 0. The van der Waals surface area contributed by atoms with Crippen molar-refractivity contribution in [1.82, 2.24) is 0 Å². The first-order valence-corrected chi connectivity index (χ1v) is 5.00. The molecule has 1 fully saturated rings. The van der Waals surface area contributed by atoms with E-state index in [-0.39, 0.29) is 6.10 Å². The lowest BCUT2D eigenvalue weighted by molar-refractivity contribution is 0.115. The van der Waals surface area contributed by atoms with Gasteiger partial charge in [-0.2, -0.15) is 4.20 Å². The fourth-order valence-electron chi connectivity index (χ4n) is 0.742. The zero-order valence-corrected chi connectivity index (χ0v) is 6.23.